The highest BCUT2D eigenvalue weighted by molar-refractivity contribution is 6.18. The van der Waals surface area contributed by atoms with Crippen LogP contribution < -0.4 is 15.9 Å². The molecule has 0 unspecified atom stereocenters. The quantitative estimate of drug-likeness (QED) is 0.129. The van der Waals surface area contributed by atoms with E-state index in [1.165, 1.54) is 32.7 Å². The Hall–Kier alpha value is -9.38. The fraction of sp³-hybridized carbons (Fsp3) is 0.0435. The summed E-state index contributed by atoms with van der Waals surface area (Å²) in [6, 6.07) is 72.8. The van der Waals surface area contributed by atoms with Crippen LogP contribution in [0.4, 0.5) is 11.4 Å². The number of aromatic nitrogens is 3. The van der Waals surface area contributed by atoms with E-state index in [0.717, 1.165) is 99.8 Å². The third-order valence-electron chi connectivity index (χ3n) is 14.4. The lowest BCUT2D eigenvalue weighted by Crippen LogP contribution is -2.26. The first-order valence-corrected chi connectivity index (χ1v) is 25.1. The van der Waals surface area contributed by atoms with Gasteiger partial charge in [0.25, 0.3) is 0 Å². The zero-order valence-electron chi connectivity index (χ0n) is 41.3. The Kier molecular flexibility index (Phi) is 11.5. The number of para-hydroxylation sites is 3. The summed E-state index contributed by atoms with van der Waals surface area (Å²) in [6.45, 7) is 14.9. The Labute approximate surface area is 426 Å². The smallest absolute Gasteiger partial charge is 0.0590 e. The number of nitrogens with zero attached hydrogens (tertiary/aromatic N) is 3. The summed E-state index contributed by atoms with van der Waals surface area (Å²) < 4.78 is 7.22. The molecular formula is C69H54N4. The van der Waals surface area contributed by atoms with Gasteiger partial charge in [0.2, 0.25) is 0 Å². The highest BCUT2D eigenvalue weighted by Crippen LogP contribution is 2.43. The second-order valence-corrected chi connectivity index (χ2v) is 18.6. The van der Waals surface area contributed by atoms with Crippen LogP contribution in [0.2, 0.25) is 0 Å². The summed E-state index contributed by atoms with van der Waals surface area (Å²) >= 11 is 0. The molecule has 350 valence electrons. The van der Waals surface area contributed by atoms with Gasteiger partial charge in [-0.25, -0.2) is 0 Å². The number of allylic oxidation sites excluding steroid dienone is 7. The highest BCUT2D eigenvalue weighted by Gasteiger charge is 2.21. The molecule has 0 aliphatic rings. The fourth-order valence-electron chi connectivity index (χ4n) is 11.0. The van der Waals surface area contributed by atoms with Crippen molar-refractivity contribution >= 4 is 84.1 Å². The van der Waals surface area contributed by atoms with Crippen LogP contribution >= 0.6 is 0 Å². The average molecular weight is 939 g/mol. The Morgan fingerprint density at radius 2 is 1.18 bits per heavy atom. The standard InChI is InChI=1S/C69H54N4/c1-6-9-22-48(8-3)51-42-52(49-23-13-11-14-24-49)44-56(43-51)73-66-41-34-50(45-61(66)59-39-40-62(47(5)69(59)73)70-53-25-15-12-16-26-53)58-29-21-33-67-68(58)60-28-18-20-32-65(60)72(67)55-37-35-54(36-38-55)71-63(30-10-7-2)46(4)57-27-17-19-31-64(57)71/h6-45,70H,1,4H2,2-3,5H3/b10-7-,22-9-,48-8+,63-30+. The predicted octanol–water partition coefficient (Wildman–Crippen LogP) is 17.1. The largest absolute Gasteiger partial charge is 0.355 e. The molecule has 0 fully saturated rings. The molecule has 4 heteroatoms. The number of rotatable bonds is 11. The lowest BCUT2D eigenvalue weighted by molar-refractivity contribution is 1.06. The van der Waals surface area contributed by atoms with Gasteiger partial charge in [0.05, 0.1) is 32.9 Å². The number of hydrogen-bond acceptors (Lipinski definition) is 1. The summed E-state index contributed by atoms with van der Waals surface area (Å²) in [5, 5.41) is 11.8. The van der Waals surface area contributed by atoms with Crippen molar-refractivity contribution in [3.05, 3.63) is 265 Å². The van der Waals surface area contributed by atoms with Crippen molar-refractivity contribution in [2.75, 3.05) is 5.32 Å². The molecule has 0 saturated carbocycles. The maximum atomic E-state index is 4.51. The molecule has 9 aromatic carbocycles. The number of nitrogens with one attached hydrogen (secondary N) is 1. The van der Waals surface area contributed by atoms with Crippen LogP contribution in [0.5, 0.6) is 0 Å². The van der Waals surface area contributed by atoms with Crippen molar-refractivity contribution < 1.29 is 0 Å². The molecule has 3 heterocycles. The number of aryl methyl sites for hydroxylation is 1. The molecule has 0 aliphatic heterocycles. The van der Waals surface area contributed by atoms with Crippen LogP contribution in [0.3, 0.4) is 0 Å². The van der Waals surface area contributed by atoms with Crippen LogP contribution in [-0.4, -0.2) is 13.7 Å². The minimum absolute atomic E-state index is 1.03. The third kappa shape index (κ3) is 7.72. The van der Waals surface area contributed by atoms with Gasteiger partial charge in [0.15, 0.2) is 0 Å². The topological polar surface area (TPSA) is 26.8 Å². The second kappa shape index (κ2) is 18.7. The van der Waals surface area contributed by atoms with Crippen molar-refractivity contribution in [2.24, 2.45) is 0 Å². The van der Waals surface area contributed by atoms with Crippen molar-refractivity contribution in [2.45, 2.75) is 20.8 Å². The van der Waals surface area contributed by atoms with E-state index < -0.39 is 0 Å². The minimum Gasteiger partial charge on any atom is -0.355 e. The number of fused-ring (bicyclic) bond motifs is 7. The molecule has 0 radical (unpaired) electrons. The van der Waals surface area contributed by atoms with Gasteiger partial charge in [-0.3, -0.25) is 0 Å². The van der Waals surface area contributed by atoms with Gasteiger partial charge in [-0.15, -0.1) is 0 Å². The first kappa shape index (κ1) is 44.8. The number of anilines is 2. The van der Waals surface area contributed by atoms with Crippen LogP contribution in [0, 0.1) is 6.92 Å². The average Bonchev–Trinajstić information content (AvgIpc) is 4.07. The zero-order chi connectivity index (χ0) is 49.6. The Morgan fingerprint density at radius 3 is 1.92 bits per heavy atom. The molecule has 0 aliphatic carbocycles. The molecule has 0 amide bonds. The van der Waals surface area contributed by atoms with Gasteiger partial charge in [-0.05, 0) is 157 Å². The maximum absolute atomic E-state index is 4.51. The summed E-state index contributed by atoms with van der Waals surface area (Å²) in [7, 11) is 0. The third-order valence-corrected chi connectivity index (χ3v) is 14.4. The lowest BCUT2D eigenvalue weighted by atomic mass is 9.97. The van der Waals surface area contributed by atoms with E-state index in [9.17, 15) is 0 Å². The molecule has 3 aromatic heterocycles. The van der Waals surface area contributed by atoms with E-state index in [1.54, 1.807) is 0 Å². The molecular weight excluding hydrogens is 885 g/mol. The summed E-state index contributed by atoms with van der Waals surface area (Å²) in [5.74, 6) is 0. The summed E-state index contributed by atoms with van der Waals surface area (Å²) in [5.41, 5.74) is 19.3. The van der Waals surface area contributed by atoms with Crippen molar-refractivity contribution in [1.82, 2.24) is 13.7 Å². The number of benzene rings is 9. The predicted molar refractivity (Wildman–Crippen MR) is 314 cm³/mol. The van der Waals surface area contributed by atoms with E-state index in [0.29, 0.717) is 0 Å². The fourth-order valence-corrected chi connectivity index (χ4v) is 11.0. The molecule has 12 aromatic rings. The lowest BCUT2D eigenvalue weighted by Gasteiger charge is -2.17. The Bertz CT molecular complexity index is 4330. The normalized spacial score (nSPS) is 12.5. The summed E-state index contributed by atoms with van der Waals surface area (Å²) in [6.07, 6.45) is 14.5. The minimum atomic E-state index is 1.03. The molecule has 0 atom stereocenters. The van der Waals surface area contributed by atoms with Gasteiger partial charge >= 0.3 is 0 Å². The van der Waals surface area contributed by atoms with E-state index in [1.807, 2.05) is 19.1 Å². The van der Waals surface area contributed by atoms with Gasteiger partial charge in [-0.2, -0.15) is 0 Å². The molecule has 0 bridgehead atoms. The second-order valence-electron chi connectivity index (χ2n) is 18.6. The molecule has 73 heavy (non-hydrogen) atoms. The van der Waals surface area contributed by atoms with Crippen molar-refractivity contribution in [3.63, 3.8) is 0 Å². The Balaban J connectivity index is 1.06. The molecule has 0 saturated heterocycles. The maximum Gasteiger partial charge on any atom is 0.0590 e. The van der Waals surface area contributed by atoms with Gasteiger partial charge in [0, 0.05) is 60.6 Å². The Morgan fingerprint density at radius 1 is 0.507 bits per heavy atom. The zero-order valence-corrected chi connectivity index (χ0v) is 41.3. The molecule has 4 nitrogen and oxygen atoms in total. The molecule has 0 spiro atoms. The molecule has 12 rings (SSSR count). The van der Waals surface area contributed by atoms with Crippen molar-refractivity contribution in [1.29, 1.82) is 0 Å². The first-order valence-electron chi connectivity index (χ1n) is 25.1. The van der Waals surface area contributed by atoms with E-state index in [4.69, 9.17) is 0 Å². The monoisotopic (exact) mass is 938 g/mol. The van der Waals surface area contributed by atoms with Crippen LogP contribution in [0.25, 0.3) is 112 Å². The van der Waals surface area contributed by atoms with Crippen LogP contribution in [0.1, 0.15) is 25.0 Å². The van der Waals surface area contributed by atoms with E-state index in [-0.39, 0.29) is 0 Å². The van der Waals surface area contributed by atoms with Crippen LogP contribution in [-0.2, 0) is 0 Å². The highest BCUT2D eigenvalue weighted by atomic mass is 15.0. The van der Waals surface area contributed by atoms with Crippen LogP contribution in [0.15, 0.2) is 243 Å². The van der Waals surface area contributed by atoms with E-state index >= 15 is 0 Å². The summed E-state index contributed by atoms with van der Waals surface area (Å²) in [4.78, 5) is 0. The number of hydrogen-bond donors (Lipinski definition) is 1. The van der Waals surface area contributed by atoms with Gasteiger partial charge in [-0.1, -0.05) is 159 Å². The first-order chi connectivity index (χ1) is 35.9. The van der Waals surface area contributed by atoms with Crippen molar-refractivity contribution in [3.8, 4) is 39.3 Å². The SMILES string of the molecule is C=C/C=C\C(=C/C)c1cc(-c2ccccc2)cc(-n2c3ccc(-c4cccc5c4c4ccccc4n5-c4ccc(-n5/c(=C/C=C\C)c(=C)c6ccccc65)cc4)cc3c3ccc(Nc4ccccc4)c(C)c32)c1. The van der Waals surface area contributed by atoms with Gasteiger partial charge in [0.1, 0.15) is 0 Å². The van der Waals surface area contributed by atoms with Gasteiger partial charge < -0.3 is 19.0 Å². The van der Waals surface area contributed by atoms with E-state index in [2.05, 4.69) is 277 Å². The molecule has 1 N–H and O–H groups in total.